The molecule has 1 aromatic carbocycles. The van der Waals surface area contributed by atoms with Gasteiger partial charge in [0.15, 0.2) is 0 Å². The number of fused-ring (bicyclic) bond motifs is 1. The van der Waals surface area contributed by atoms with E-state index in [1.54, 1.807) is 11.0 Å². The molecule has 0 saturated carbocycles. The Kier molecular flexibility index (Phi) is 3.54. The normalized spacial score (nSPS) is 21.5. The predicted octanol–water partition coefficient (Wildman–Crippen LogP) is 2.87. The molecule has 1 unspecified atom stereocenters. The topological polar surface area (TPSA) is 49.4 Å². The predicted molar refractivity (Wildman–Crippen MR) is 85.3 cm³/mol. The van der Waals surface area contributed by atoms with Crippen molar-refractivity contribution < 1.29 is 14.0 Å². The van der Waals surface area contributed by atoms with Crippen molar-refractivity contribution in [3.8, 4) is 0 Å². The second kappa shape index (κ2) is 5.18. The number of allylic oxidation sites excluding steroid dienone is 1. The summed E-state index contributed by atoms with van der Waals surface area (Å²) in [4.78, 5) is 26.4. The van der Waals surface area contributed by atoms with Crippen LogP contribution in [0.3, 0.4) is 0 Å². The molecule has 0 bridgehead atoms. The number of carbonyl (C=O) groups is 2. The largest absolute Gasteiger partial charge is 0.329 e. The van der Waals surface area contributed by atoms with Crippen molar-refractivity contribution in [2.24, 2.45) is 0 Å². The van der Waals surface area contributed by atoms with E-state index < -0.39 is 6.04 Å². The molecule has 1 fully saturated rings. The molecule has 2 aliphatic rings. The number of rotatable bonds is 1. The minimum Gasteiger partial charge on any atom is -0.329 e. The molecular formula is C18H21FN2O2. The minimum atomic E-state index is -0.512. The number of carbonyl (C=O) groups excluding carboxylic acids is 2. The second-order valence-corrected chi connectivity index (χ2v) is 7.32. The maximum atomic E-state index is 14.3. The lowest BCUT2D eigenvalue weighted by Crippen LogP contribution is -2.49. The lowest BCUT2D eigenvalue weighted by atomic mass is 9.85. The molecule has 1 N–H and O–H groups in total. The molecule has 1 saturated heterocycles. The Labute approximate surface area is 135 Å². The minimum absolute atomic E-state index is 0.196. The zero-order valence-corrected chi connectivity index (χ0v) is 13.7. The van der Waals surface area contributed by atoms with Crippen LogP contribution in [-0.4, -0.2) is 22.8 Å². The van der Waals surface area contributed by atoms with E-state index in [1.165, 1.54) is 6.07 Å². The van der Waals surface area contributed by atoms with Crippen molar-refractivity contribution in [2.75, 3.05) is 0 Å². The Bertz CT molecular complexity index is 718. The van der Waals surface area contributed by atoms with E-state index in [1.807, 2.05) is 20.8 Å². The van der Waals surface area contributed by atoms with Crippen LogP contribution in [0.5, 0.6) is 0 Å². The highest BCUT2D eigenvalue weighted by molar-refractivity contribution is 6.01. The molecular weight excluding hydrogens is 295 g/mol. The maximum absolute atomic E-state index is 14.3. The van der Waals surface area contributed by atoms with Gasteiger partial charge in [-0.1, -0.05) is 27.4 Å². The highest BCUT2D eigenvalue weighted by atomic mass is 19.1. The number of halogens is 1. The molecule has 0 aromatic heterocycles. The average molecular weight is 316 g/mol. The van der Waals surface area contributed by atoms with Gasteiger partial charge in [0, 0.05) is 17.8 Å². The highest BCUT2D eigenvalue weighted by Gasteiger charge is 2.39. The lowest BCUT2D eigenvalue weighted by Gasteiger charge is -2.30. The summed E-state index contributed by atoms with van der Waals surface area (Å²) in [5, 5.41) is 2.70. The monoisotopic (exact) mass is 316 g/mol. The van der Waals surface area contributed by atoms with Crippen molar-refractivity contribution in [1.82, 2.24) is 10.2 Å². The van der Waals surface area contributed by atoms with Crippen LogP contribution in [0.1, 0.15) is 55.1 Å². The molecule has 2 amide bonds. The van der Waals surface area contributed by atoms with Crippen molar-refractivity contribution in [3.63, 3.8) is 0 Å². The Morgan fingerprint density at radius 3 is 2.61 bits per heavy atom. The van der Waals surface area contributed by atoms with Gasteiger partial charge in [-0.2, -0.15) is 0 Å². The van der Waals surface area contributed by atoms with Crippen LogP contribution >= 0.6 is 0 Å². The molecule has 5 heteroatoms. The van der Waals surface area contributed by atoms with E-state index in [2.05, 4.69) is 11.9 Å². The van der Waals surface area contributed by atoms with Crippen LogP contribution in [0.4, 0.5) is 4.39 Å². The summed E-state index contributed by atoms with van der Waals surface area (Å²) < 4.78 is 14.3. The highest BCUT2D eigenvalue weighted by Crippen LogP contribution is 2.33. The first-order valence-electron chi connectivity index (χ1n) is 7.81. The average Bonchev–Trinajstić information content (AvgIpc) is 2.73. The zero-order chi connectivity index (χ0) is 16.9. The standard InChI is InChI=1S/C18H21FN2O2/c1-10-5-6-15(16(22)20-10)21-9-11-7-14(19)13(18(2,3)4)8-12(11)17(21)23/h7-8,15H,1,5-6,9H2,2-4H3,(H,20,22). The molecule has 0 spiro atoms. The van der Waals surface area contributed by atoms with Gasteiger partial charge < -0.3 is 10.2 Å². The van der Waals surface area contributed by atoms with Crippen LogP contribution in [0.2, 0.25) is 0 Å². The molecule has 122 valence electrons. The van der Waals surface area contributed by atoms with Crippen LogP contribution in [0.25, 0.3) is 0 Å². The van der Waals surface area contributed by atoms with Gasteiger partial charge in [0.1, 0.15) is 11.9 Å². The Morgan fingerprint density at radius 1 is 1.30 bits per heavy atom. The Morgan fingerprint density at radius 2 is 2.00 bits per heavy atom. The first-order valence-corrected chi connectivity index (χ1v) is 7.81. The van der Waals surface area contributed by atoms with Gasteiger partial charge >= 0.3 is 0 Å². The molecule has 0 radical (unpaired) electrons. The van der Waals surface area contributed by atoms with Gasteiger partial charge in [-0.25, -0.2) is 4.39 Å². The summed E-state index contributed by atoms with van der Waals surface area (Å²) in [6, 6.07) is 2.57. The van der Waals surface area contributed by atoms with E-state index in [9.17, 15) is 14.0 Å². The molecule has 23 heavy (non-hydrogen) atoms. The molecule has 1 aromatic rings. The summed E-state index contributed by atoms with van der Waals surface area (Å²) in [5.41, 5.74) is 1.97. The summed E-state index contributed by atoms with van der Waals surface area (Å²) in [6.45, 7) is 9.76. The zero-order valence-electron chi connectivity index (χ0n) is 13.7. The number of hydrogen-bond donors (Lipinski definition) is 1. The number of hydrogen-bond acceptors (Lipinski definition) is 2. The van der Waals surface area contributed by atoms with E-state index >= 15 is 0 Å². The third-order valence-electron chi connectivity index (χ3n) is 4.53. The molecule has 2 heterocycles. The summed E-state index contributed by atoms with van der Waals surface area (Å²) in [5.74, 6) is -0.704. The van der Waals surface area contributed by atoms with Crippen LogP contribution in [0.15, 0.2) is 24.4 Å². The quantitative estimate of drug-likeness (QED) is 0.866. The summed E-state index contributed by atoms with van der Waals surface area (Å²) in [7, 11) is 0. The van der Waals surface area contributed by atoms with Gasteiger partial charge in [0.2, 0.25) is 5.91 Å². The third kappa shape index (κ3) is 2.64. The maximum Gasteiger partial charge on any atom is 0.255 e. The van der Waals surface area contributed by atoms with Gasteiger partial charge in [-0.05, 0) is 41.5 Å². The van der Waals surface area contributed by atoms with Gasteiger partial charge in [0.05, 0.1) is 0 Å². The van der Waals surface area contributed by atoms with Crippen LogP contribution in [-0.2, 0) is 16.8 Å². The van der Waals surface area contributed by atoms with Crippen LogP contribution in [0, 0.1) is 5.82 Å². The lowest BCUT2D eigenvalue weighted by molar-refractivity contribution is -0.126. The van der Waals surface area contributed by atoms with E-state index in [4.69, 9.17) is 0 Å². The van der Waals surface area contributed by atoms with Gasteiger partial charge in [-0.3, -0.25) is 9.59 Å². The summed E-state index contributed by atoms with van der Waals surface area (Å²) in [6.07, 6.45) is 1.21. The fraction of sp³-hybridized carbons (Fsp3) is 0.444. The smallest absolute Gasteiger partial charge is 0.255 e. The first-order chi connectivity index (χ1) is 10.7. The summed E-state index contributed by atoms with van der Waals surface area (Å²) >= 11 is 0. The molecule has 0 aliphatic carbocycles. The molecule has 2 aliphatic heterocycles. The molecule has 3 rings (SSSR count). The molecule has 4 nitrogen and oxygen atoms in total. The fourth-order valence-corrected chi connectivity index (χ4v) is 3.24. The SMILES string of the molecule is C=C1CCC(N2Cc3cc(F)c(C(C)(C)C)cc3C2=O)C(=O)N1. The van der Waals surface area contributed by atoms with Crippen molar-refractivity contribution in [3.05, 3.63) is 46.9 Å². The second-order valence-electron chi connectivity index (χ2n) is 7.32. The molecule has 1 atom stereocenters. The van der Waals surface area contributed by atoms with Crippen molar-refractivity contribution in [1.29, 1.82) is 0 Å². The number of piperidine rings is 1. The van der Waals surface area contributed by atoms with E-state index in [0.717, 1.165) is 0 Å². The van der Waals surface area contributed by atoms with Crippen molar-refractivity contribution >= 4 is 11.8 Å². The first kappa shape index (κ1) is 15.7. The van der Waals surface area contributed by atoms with E-state index in [0.29, 0.717) is 35.2 Å². The van der Waals surface area contributed by atoms with E-state index in [-0.39, 0.29) is 29.6 Å². The van der Waals surface area contributed by atoms with Gasteiger partial charge in [0.25, 0.3) is 5.91 Å². The number of nitrogens with one attached hydrogen (secondary N) is 1. The number of amides is 2. The Hall–Kier alpha value is -2.17. The van der Waals surface area contributed by atoms with Gasteiger partial charge in [-0.15, -0.1) is 0 Å². The number of benzene rings is 1. The van der Waals surface area contributed by atoms with Crippen LogP contribution < -0.4 is 5.32 Å². The fourth-order valence-electron chi connectivity index (χ4n) is 3.24. The van der Waals surface area contributed by atoms with Crippen molar-refractivity contribution in [2.45, 2.75) is 51.6 Å². The number of nitrogens with zero attached hydrogens (tertiary/aromatic N) is 1. The Balaban J connectivity index is 1.94. The third-order valence-corrected chi connectivity index (χ3v) is 4.53.